The number of hydrogen-bond donors (Lipinski definition) is 2. The minimum Gasteiger partial charge on any atom is -0.313 e. The number of anilines is 1. The minimum absolute atomic E-state index is 0.504. The van der Waals surface area contributed by atoms with Crippen LogP contribution >= 0.6 is 23.1 Å². The van der Waals surface area contributed by atoms with Crippen LogP contribution in [0, 0.1) is 6.92 Å². The zero-order chi connectivity index (χ0) is 10.8. The van der Waals surface area contributed by atoms with Crippen molar-refractivity contribution in [3.8, 4) is 0 Å². The summed E-state index contributed by atoms with van der Waals surface area (Å²) in [4.78, 5) is 0. The number of rotatable bonds is 3. The Morgan fingerprint density at radius 1 is 1.67 bits per heavy atom. The molecule has 8 heteroatoms. The predicted octanol–water partition coefficient (Wildman–Crippen LogP) is 1.03. The molecule has 0 spiro atoms. The summed E-state index contributed by atoms with van der Waals surface area (Å²) in [5.74, 6) is 5.31. The smallest absolute Gasteiger partial charge is 0.149 e. The molecular weight excluding hydrogens is 236 g/mol. The van der Waals surface area contributed by atoms with Gasteiger partial charge in [-0.2, -0.15) is 5.10 Å². The van der Waals surface area contributed by atoms with Gasteiger partial charge in [0, 0.05) is 17.7 Å². The Kier molecular flexibility index (Phi) is 2.85. The summed E-state index contributed by atoms with van der Waals surface area (Å²) in [6.45, 7) is 2.35. The van der Waals surface area contributed by atoms with Crippen LogP contribution in [0.5, 0.6) is 0 Å². The number of nitrogens with zero attached hydrogens (tertiary/aromatic N) is 4. The van der Waals surface area contributed by atoms with Crippen LogP contribution in [0.15, 0.2) is 6.20 Å². The lowest BCUT2D eigenvalue weighted by molar-refractivity contribution is 0.665. The molecule has 0 bridgehead atoms. The van der Waals surface area contributed by atoms with E-state index in [4.69, 9.17) is 17.4 Å². The molecule has 2 aromatic heterocycles. The molecule has 0 amide bonds. The first-order valence-electron chi connectivity index (χ1n) is 4.18. The van der Waals surface area contributed by atoms with Gasteiger partial charge in [0.05, 0.1) is 17.3 Å². The van der Waals surface area contributed by atoms with Crippen molar-refractivity contribution in [1.82, 2.24) is 19.4 Å². The number of aryl methyl sites for hydroxylation is 1. The summed E-state index contributed by atoms with van der Waals surface area (Å²) >= 11 is 7.09. The fourth-order valence-corrected chi connectivity index (χ4v) is 1.78. The molecule has 0 atom stereocenters. The Bertz CT molecular complexity index is 444. The van der Waals surface area contributed by atoms with Gasteiger partial charge >= 0.3 is 0 Å². The molecule has 0 aliphatic carbocycles. The lowest BCUT2D eigenvalue weighted by atomic mass is 10.4. The Labute approximate surface area is 95.2 Å². The highest BCUT2D eigenvalue weighted by molar-refractivity contribution is 7.10. The highest BCUT2D eigenvalue weighted by atomic mass is 35.5. The van der Waals surface area contributed by atoms with Gasteiger partial charge in [-0.05, 0) is 6.92 Å². The summed E-state index contributed by atoms with van der Waals surface area (Å²) in [6, 6.07) is 0. The molecule has 0 saturated carbocycles. The van der Waals surface area contributed by atoms with Gasteiger partial charge in [-0.1, -0.05) is 16.1 Å². The SMILES string of the molecule is Cc1nn(Cc2nnsc2NN)cc1Cl. The summed E-state index contributed by atoms with van der Waals surface area (Å²) in [5.41, 5.74) is 4.08. The quantitative estimate of drug-likeness (QED) is 0.623. The highest BCUT2D eigenvalue weighted by Gasteiger charge is 2.09. The number of aromatic nitrogens is 4. The van der Waals surface area contributed by atoms with E-state index in [1.165, 1.54) is 11.5 Å². The summed E-state index contributed by atoms with van der Waals surface area (Å²) in [6.07, 6.45) is 1.75. The fourth-order valence-electron chi connectivity index (χ4n) is 1.15. The Balaban J connectivity index is 2.21. The van der Waals surface area contributed by atoms with Crippen molar-refractivity contribution >= 4 is 28.1 Å². The molecule has 0 fully saturated rings. The Morgan fingerprint density at radius 2 is 2.47 bits per heavy atom. The van der Waals surface area contributed by atoms with Crippen LogP contribution in [0.1, 0.15) is 11.4 Å². The highest BCUT2D eigenvalue weighted by Crippen LogP contribution is 2.18. The zero-order valence-corrected chi connectivity index (χ0v) is 9.51. The van der Waals surface area contributed by atoms with Crippen molar-refractivity contribution in [3.63, 3.8) is 0 Å². The molecule has 3 N–H and O–H groups in total. The molecule has 2 rings (SSSR count). The normalized spacial score (nSPS) is 10.6. The van der Waals surface area contributed by atoms with Crippen LogP contribution in [0.3, 0.4) is 0 Å². The van der Waals surface area contributed by atoms with Gasteiger partial charge in [-0.3, -0.25) is 4.68 Å². The molecule has 2 aromatic rings. The number of nitrogens with two attached hydrogens (primary N) is 1. The van der Waals surface area contributed by atoms with Gasteiger partial charge in [0.25, 0.3) is 0 Å². The van der Waals surface area contributed by atoms with Gasteiger partial charge in [-0.15, -0.1) is 5.10 Å². The van der Waals surface area contributed by atoms with Crippen LogP contribution < -0.4 is 11.3 Å². The van der Waals surface area contributed by atoms with Gasteiger partial charge in [0.1, 0.15) is 10.7 Å². The fraction of sp³-hybridized carbons (Fsp3) is 0.286. The van der Waals surface area contributed by atoms with E-state index in [9.17, 15) is 0 Å². The lowest BCUT2D eigenvalue weighted by Crippen LogP contribution is -2.09. The molecule has 0 saturated heterocycles. The molecule has 15 heavy (non-hydrogen) atoms. The van der Waals surface area contributed by atoms with Crippen molar-refractivity contribution in [1.29, 1.82) is 0 Å². The number of nitrogen functional groups attached to an aromatic ring is 1. The maximum absolute atomic E-state index is 5.89. The van der Waals surface area contributed by atoms with E-state index in [2.05, 4.69) is 20.1 Å². The van der Waals surface area contributed by atoms with Crippen molar-refractivity contribution in [2.45, 2.75) is 13.5 Å². The van der Waals surface area contributed by atoms with E-state index in [0.29, 0.717) is 11.6 Å². The third-order valence-corrected chi connectivity index (χ3v) is 2.96. The van der Waals surface area contributed by atoms with Crippen LogP contribution in [-0.2, 0) is 6.54 Å². The zero-order valence-electron chi connectivity index (χ0n) is 7.94. The lowest BCUT2D eigenvalue weighted by Gasteiger charge is -1.99. The van der Waals surface area contributed by atoms with Gasteiger partial charge in [-0.25, -0.2) is 5.84 Å². The number of hydrogen-bond acceptors (Lipinski definition) is 6. The molecule has 0 radical (unpaired) electrons. The van der Waals surface area contributed by atoms with Gasteiger partial charge in [0.15, 0.2) is 0 Å². The predicted molar refractivity (Wildman–Crippen MR) is 58.8 cm³/mol. The van der Waals surface area contributed by atoms with Crippen LogP contribution in [0.25, 0.3) is 0 Å². The van der Waals surface area contributed by atoms with E-state index in [-0.39, 0.29) is 0 Å². The first-order chi connectivity index (χ1) is 7.20. The second-order valence-electron chi connectivity index (χ2n) is 2.95. The Morgan fingerprint density at radius 3 is 3.07 bits per heavy atom. The molecule has 6 nitrogen and oxygen atoms in total. The second-order valence-corrected chi connectivity index (χ2v) is 4.11. The Hall–Kier alpha value is -1.18. The van der Waals surface area contributed by atoms with Gasteiger partial charge < -0.3 is 5.43 Å². The molecule has 0 aromatic carbocycles. The third-order valence-electron chi connectivity index (χ3n) is 1.89. The summed E-state index contributed by atoms with van der Waals surface area (Å²) in [7, 11) is 0. The molecule has 2 heterocycles. The van der Waals surface area contributed by atoms with E-state index in [0.717, 1.165) is 16.4 Å². The standard InChI is InChI=1S/C7H9ClN6S/c1-4-5(8)2-14(12-4)3-6-7(10-9)15-13-11-6/h2,10H,3,9H2,1H3. The average Bonchev–Trinajstić information content (AvgIpc) is 2.75. The summed E-state index contributed by atoms with van der Waals surface area (Å²) in [5, 5.41) is 9.53. The largest absolute Gasteiger partial charge is 0.313 e. The molecular formula is C7H9ClN6S. The third kappa shape index (κ3) is 2.09. The number of hydrazine groups is 1. The first-order valence-corrected chi connectivity index (χ1v) is 5.33. The van der Waals surface area contributed by atoms with Crippen LogP contribution in [0.4, 0.5) is 5.00 Å². The minimum atomic E-state index is 0.504. The van der Waals surface area contributed by atoms with E-state index in [1.807, 2.05) is 6.92 Å². The second kappa shape index (κ2) is 4.13. The summed E-state index contributed by atoms with van der Waals surface area (Å²) < 4.78 is 5.50. The van der Waals surface area contributed by atoms with E-state index >= 15 is 0 Å². The molecule has 0 aliphatic heterocycles. The monoisotopic (exact) mass is 244 g/mol. The van der Waals surface area contributed by atoms with Crippen molar-refractivity contribution in [3.05, 3.63) is 22.6 Å². The van der Waals surface area contributed by atoms with Crippen molar-refractivity contribution in [2.24, 2.45) is 5.84 Å². The van der Waals surface area contributed by atoms with Crippen LogP contribution in [0.2, 0.25) is 5.02 Å². The number of halogens is 1. The molecule has 80 valence electrons. The molecule has 0 aliphatic rings. The van der Waals surface area contributed by atoms with E-state index < -0.39 is 0 Å². The topological polar surface area (TPSA) is 81.7 Å². The number of nitrogens with one attached hydrogen (secondary N) is 1. The van der Waals surface area contributed by atoms with Crippen molar-refractivity contribution < 1.29 is 0 Å². The maximum Gasteiger partial charge on any atom is 0.149 e. The van der Waals surface area contributed by atoms with Crippen LogP contribution in [-0.4, -0.2) is 19.4 Å². The van der Waals surface area contributed by atoms with Crippen molar-refractivity contribution in [2.75, 3.05) is 5.43 Å². The average molecular weight is 245 g/mol. The first kappa shape index (κ1) is 10.3. The maximum atomic E-state index is 5.89. The van der Waals surface area contributed by atoms with Gasteiger partial charge in [0.2, 0.25) is 0 Å². The van der Waals surface area contributed by atoms with E-state index in [1.54, 1.807) is 10.9 Å². The molecule has 0 unspecified atom stereocenters.